The molecule has 1 aliphatic heterocycles. The maximum absolute atomic E-state index is 12.2. The zero-order chi connectivity index (χ0) is 12.4. The lowest BCUT2D eigenvalue weighted by Gasteiger charge is -2.34. The van der Waals surface area contributed by atoms with Crippen molar-refractivity contribution in [1.82, 2.24) is 9.88 Å². The van der Waals surface area contributed by atoms with Crippen molar-refractivity contribution in [3.05, 3.63) is 34.2 Å². The van der Waals surface area contributed by atoms with E-state index in [-0.39, 0.29) is 16.9 Å². The molecule has 1 N–H and O–H groups in total. The van der Waals surface area contributed by atoms with E-state index in [0.717, 1.165) is 6.42 Å². The number of nitrogens with zero attached hydrogens (tertiary/aromatic N) is 1. The SMILES string of the molecule is CC1CN(C(=O)c2c[nH]ccc2=O)CCC1Br. The molecule has 0 aromatic carbocycles. The molecule has 4 nitrogen and oxygen atoms in total. The molecule has 2 heterocycles. The van der Waals surface area contributed by atoms with Crippen LogP contribution in [0.5, 0.6) is 0 Å². The van der Waals surface area contributed by atoms with Crippen LogP contribution in [0, 0.1) is 5.92 Å². The summed E-state index contributed by atoms with van der Waals surface area (Å²) in [5.74, 6) is 0.244. The Morgan fingerprint density at radius 1 is 1.59 bits per heavy atom. The number of likely N-dealkylation sites (tertiary alicyclic amines) is 1. The fourth-order valence-corrected chi connectivity index (χ4v) is 2.43. The standard InChI is InChI=1S/C12H15BrN2O2/c1-8-7-15(5-3-10(8)13)12(17)9-6-14-4-2-11(9)16/h2,4,6,8,10H,3,5,7H2,1H3,(H,14,16). The lowest BCUT2D eigenvalue weighted by Crippen LogP contribution is -2.44. The second-order valence-corrected chi connectivity index (χ2v) is 5.63. The first-order chi connectivity index (χ1) is 8.09. The van der Waals surface area contributed by atoms with Crippen LogP contribution >= 0.6 is 15.9 Å². The number of nitrogens with one attached hydrogen (secondary N) is 1. The van der Waals surface area contributed by atoms with E-state index in [1.54, 1.807) is 4.90 Å². The molecular weight excluding hydrogens is 284 g/mol. The van der Waals surface area contributed by atoms with E-state index in [1.807, 2.05) is 0 Å². The molecule has 0 saturated carbocycles. The molecule has 5 heteroatoms. The largest absolute Gasteiger partial charge is 0.367 e. The number of rotatable bonds is 1. The van der Waals surface area contributed by atoms with Crippen LogP contribution < -0.4 is 5.43 Å². The van der Waals surface area contributed by atoms with Gasteiger partial charge in [0.05, 0.1) is 0 Å². The summed E-state index contributed by atoms with van der Waals surface area (Å²) in [5, 5.41) is 0. The Morgan fingerprint density at radius 3 is 3.00 bits per heavy atom. The normalized spacial score (nSPS) is 24.7. The van der Waals surface area contributed by atoms with Gasteiger partial charge in [0.2, 0.25) is 0 Å². The van der Waals surface area contributed by atoms with Crippen LogP contribution in [0.25, 0.3) is 0 Å². The molecule has 1 amide bonds. The molecule has 1 aromatic heterocycles. The Hall–Kier alpha value is -1.10. The van der Waals surface area contributed by atoms with E-state index in [1.165, 1.54) is 18.5 Å². The van der Waals surface area contributed by atoms with Crippen LogP contribution in [-0.4, -0.2) is 33.7 Å². The summed E-state index contributed by atoms with van der Waals surface area (Å²) in [6.45, 7) is 3.50. The van der Waals surface area contributed by atoms with Crippen LogP contribution in [0.3, 0.4) is 0 Å². The van der Waals surface area contributed by atoms with Gasteiger partial charge in [-0.25, -0.2) is 0 Å². The van der Waals surface area contributed by atoms with Gasteiger partial charge < -0.3 is 9.88 Å². The molecule has 1 aromatic rings. The van der Waals surface area contributed by atoms with Crippen molar-refractivity contribution in [2.75, 3.05) is 13.1 Å². The molecule has 0 bridgehead atoms. The number of hydrogen-bond donors (Lipinski definition) is 1. The highest BCUT2D eigenvalue weighted by Crippen LogP contribution is 2.23. The van der Waals surface area contributed by atoms with Crippen molar-refractivity contribution in [2.45, 2.75) is 18.2 Å². The molecule has 0 spiro atoms. The fourth-order valence-electron chi connectivity index (χ4n) is 2.06. The first-order valence-corrected chi connectivity index (χ1v) is 6.61. The van der Waals surface area contributed by atoms with Gasteiger partial charge in [0.15, 0.2) is 5.43 Å². The number of alkyl halides is 1. The van der Waals surface area contributed by atoms with Gasteiger partial charge in [-0.2, -0.15) is 0 Å². The molecule has 0 radical (unpaired) electrons. The van der Waals surface area contributed by atoms with Crippen molar-refractivity contribution in [3.63, 3.8) is 0 Å². The summed E-state index contributed by atoms with van der Waals surface area (Å²) in [6, 6.07) is 1.38. The first kappa shape index (κ1) is 12.4. The number of aromatic amines is 1. The lowest BCUT2D eigenvalue weighted by atomic mass is 9.99. The zero-order valence-electron chi connectivity index (χ0n) is 9.65. The quantitative estimate of drug-likeness (QED) is 0.801. The third-order valence-electron chi connectivity index (χ3n) is 3.14. The molecule has 2 atom stereocenters. The summed E-state index contributed by atoms with van der Waals surface area (Å²) in [7, 11) is 0. The van der Waals surface area contributed by atoms with Crippen molar-refractivity contribution < 1.29 is 4.79 Å². The van der Waals surface area contributed by atoms with E-state index in [4.69, 9.17) is 0 Å². The van der Waals surface area contributed by atoms with Crippen molar-refractivity contribution in [2.24, 2.45) is 5.92 Å². The lowest BCUT2D eigenvalue weighted by molar-refractivity contribution is 0.0689. The monoisotopic (exact) mass is 298 g/mol. The van der Waals surface area contributed by atoms with E-state index in [2.05, 4.69) is 27.8 Å². The van der Waals surface area contributed by atoms with Gasteiger partial charge in [0.25, 0.3) is 5.91 Å². The minimum absolute atomic E-state index is 0.168. The Morgan fingerprint density at radius 2 is 2.35 bits per heavy atom. The summed E-state index contributed by atoms with van der Waals surface area (Å²) < 4.78 is 0. The number of aromatic nitrogens is 1. The average Bonchev–Trinajstić information content (AvgIpc) is 2.32. The zero-order valence-corrected chi connectivity index (χ0v) is 11.2. The van der Waals surface area contributed by atoms with Gasteiger partial charge >= 0.3 is 0 Å². The van der Waals surface area contributed by atoms with E-state index >= 15 is 0 Å². The van der Waals surface area contributed by atoms with Gasteiger partial charge in [-0.3, -0.25) is 9.59 Å². The number of hydrogen-bond acceptors (Lipinski definition) is 2. The van der Waals surface area contributed by atoms with Crippen molar-refractivity contribution in [1.29, 1.82) is 0 Å². The van der Waals surface area contributed by atoms with Crippen LogP contribution in [0.4, 0.5) is 0 Å². The minimum Gasteiger partial charge on any atom is -0.367 e. The first-order valence-electron chi connectivity index (χ1n) is 5.70. The number of H-pyrrole nitrogens is 1. The number of amides is 1. The molecule has 1 fully saturated rings. The van der Waals surface area contributed by atoms with Crippen LogP contribution in [0.1, 0.15) is 23.7 Å². The molecule has 17 heavy (non-hydrogen) atoms. The van der Waals surface area contributed by atoms with Gasteiger partial charge in [0.1, 0.15) is 5.56 Å². The van der Waals surface area contributed by atoms with E-state index < -0.39 is 0 Å². The fraction of sp³-hybridized carbons (Fsp3) is 0.500. The highest BCUT2D eigenvalue weighted by molar-refractivity contribution is 9.09. The third kappa shape index (κ3) is 2.60. The average molecular weight is 299 g/mol. The van der Waals surface area contributed by atoms with Crippen LogP contribution in [-0.2, 0) is 0 Å². The van der Waals surface area contributed by atoms with Gasteiger partial charge in [0, 0.05) is 36.4 Å². The van der Waals surface area contributed by atoms with Crippen LogP contribution in [0.2, 0.25) is 0 Å². The Bertz CT molecular complexity index is 472. The van der Waals surface area contributed by atoms with E-state index in [0.29, 0.717) is 23.8 Å². The van der Waals surface area contributed by atoms with Gasteiger partial charge in [-0.05, 0) is 12.3 Å². The van der Waals surface area contributed by atoms with Gasteiger partial charge in [-0.1, -0.05) is 22.9 Å². The van der Waals surface area contributed by atoms with Crippen molar-refractivity contribution in [3.8, 4) is 0 Å². The van der Waals surface area contributed by atoms with E-state index in [9.17, 15) is 9.59 Å². The third-order valence-corrected chi connectivity index (χ3v) is 4.50. The smallest absolute Gasteiger partial charge is 0.259 e. The Kier molecular flexibility index (Phi) is 3.66. The maximum atomic E-state index is 12.2. The predicted octanol–water partition coefficient (Wildman–Crippen LogP) is 1.62. The summed E-state index contributed by atoms with van der Waals surface area (Å²) in [6.07, 6.45) is 3.94. The predicted molar refractivity (Wildman–Crippen MR) is 69.5 cm³/mol. The van der Waals surface area contributed by atoms with Crippen LogP contribution in [0.15, 0.2) is 23.3 Å². The second kappa shape index (κ2) is 5.04. The molecular formula is C12H15BrN2O2. The number of halogens is 1. The minimum atomic E-state index is -0.220. The van der Waals surface area contributed by atoms with Crippen molar-refractivity contribution >= 4 is 21.8 Å². The second-order valence-electron chi connectivity index (χ2n) is 4.46. The highest BCUT2D eigenvalue weighted by atomic mass is 79.9. The summed E-state index contributed by atoms with van der Waals surface area (Å²) >= 11 is 3.60. The molecule has 92 valence electrons. The van der Waals surface area contributed by atoms with Gasteiger partial charge in [-0.15, -0.1) is 0 Å². The summed E-state index contributed by atoms with van der Waals surface area (Å²) in [4.78, 5) is 28.7. The molecule has 0 aliphatic carbocycles. The Balaban J connectivity index is 2.17. The molecule has 2 rings (SSSR count). The number of carbonyl (C=O) groups is 1. The molecule has 1 saturated heterocycles. The highest BCUT2D eigenvalue weighted by Gasteiger charge is 2.28. The maximum Gasteiger partial charge on any atom is 0.259 e. The molecule has 1 aliphatic rings. The molecule has 2 unspecified atom stereocenters. The number of pyridine rings is 1. The summed E-state index contributed by atoms with van der Waals surface area (Å²) in [5.41, 5.74) is 0.00934. The Labute approximate surface area is 108 Å². The topological polar surface area (TPSA) is 53.2 Å². The number of piperidine rings is 1. The number of carbonyl (C=O) groups excluding carboxylic acids is 1.